The van der Waals surface area contributed by atoms with Gasteiger partial charge in [-0.3, -0.25) is 9.89 Å². The fraction of sp³-hybridized carbons (Fsp3) is 0.227. The van der Waals surface area contributed by atoms with Gasteiger partial charge in [0.1, 0.15) is 0 Å². The van der Waals surface area contributed by atoms with Crippen molar-refractivity contribution in [3.05, 3.63) is 80.8 Å². The van der Waals surface area contributed by atoms with Crippen molar-refractivity contribution in [2.45, 2.75) is 34.2 Å². The van der Waals surface area contributed by atoms with Crippen molar-refractivity contribution in [3.63, 3.8) is 0 Å². The molecule has 2 aromatic heterocycles. The van der Waals surface area contributed by atoms with Crippen LogP contribution < -0.4 is 10.9 Å². The highest BCUT2D eigenvalue weighted by atomic mass is 16.1. The Hall–Kier alpha value is -3.41. The van der Waals surface area contributed by atoms with Gasteiger partial charge in [-0.1, -0.05) is 24.3 Å². The van der Waals surface area contributed by atoms with Crippen LogP contribution in [0.2, 0.25) is 0 Å². The number of fused-ring (bicyclic) bond motifs is 1. The summed E-state index contributed by atoms with van der Waals surface area (Å²) in [5.41, 5.74) is 7.26. The highest BCUT2D eigenvalue weighted by Crippen LogP contribution is 2.20. The lowest BCUT2D eigenvalue weighted by Gasteiger charge is -2.10. The fourth-order valence-electron chi connectivity index (χ4n) is 3.16. The quantitative estimate of drug-likeness (QED) is 0.568. The van der Waals surface area contributed by atoms with Crippen LogP contribution >= 0.6 is 0 Å². The first-order chi connectivity index (χ1) is 13.4. The summed E-state index contributed by atoms with van der Waals surface area (Å²) in [5.74, 6) is 1.01. The number of aromatic nitrogens is 4. The maximum absolute atomic E-state index is 12.5. The number of aromatic amines is 1. The summed E-state index contributed by atoms with van der Waals surface area (Å²) in [6.45, 7) is 8.74. The maximum Gasteiger partial charge on any atom is 0.274 e. The van der Waals surface area contributed by atoms with Gasteiger partial charge < -0.3 is 5.32 Å². The molecule has 0 saturated carbocycles. The van der Waals surface area contributed by atoms with Crippen molar-refractivity contribution >= 4 is 11.5 Å². The molecule has 2 heterocycles. The predicted molar refractivity (Wildman–Crippen MR) is 112 cm³/mol. The van der Waals surface area contributed by atoms with Crippen LogP contribution in [0, 0.1) is 27.7 Å². The van der Waals surface area contributed by atoms with Crippen LogP contribution in [-0.2, 0) is 6.54 Å². The molecule has 0 bridgehead atoms. The number of rotatable bonds is 4. The molecule has 2 N–H and O–H groups in total. The monoisotopic (exact) mass is 373 g/mol. The highest BCUT2D eigenvalue weighted by molar-refractivity contribution is 5.59. The normalized spacial score (nSPS) is 11.1. The van der Waals surface area contributed by atoms with Gasteiger partial charge in [-0.05, 0) is 62.1 Å². The number of hydrogen-bond donors (Lipinski definition) is 2. The van der Waals surface area contributed by atoms with Crippen LogP contribution in [0.3, 0.4) is 0 Å². The lowest BCUT2D eigenvalue weighted by atomic mass is 10.1. The van der Waals surface area contributed by atoms with Crippen molar-refractivity contribution in [1.82, 2.24) is 19.6 Å². The van der Waals surface area contributed by atoms with Gasteiger partial charge in [0.15, 0.2) is 5.82 Å². The summed E-state index contributed by atoms with van der Waals surface area (Å²) in [5, 5.41) is 6.42. The number of nitrogens with one attached hydrogen (secondary N) is 2. The fourth-order valence-corrected chi connectivity index (χ4v) is 3.16. The summed E-state index contributed by atoms with van der Waals surface area (Å²) in [7, 11) is 0. The predicted octanol–water partition coefficient (Wildman–Crippen LogP) is 3.93. The molecule has 6 nitrogen and oxygen atoms in total. The minimum absolute atomic E-state index is 0.176. The molecule has 0 fully saturated rings. The van der Waals surface area contributed by atoms with Crippen molar-refractivity contribution in [2.24, 2.45) is 0 Å². The van der Waals surface area contributed by atoms with Gasteiger partial charge in [0, 0.05) is 17.3 Å². The standard InChI is InChI=1S/C22H23N5O/c1-13-8-9-17(10-15(13)3)21-25-22-24-18(11-20(28)27(22)26-21)12-23-19-7-5-6-14(2)16(19)4/h5-11,23H,12H2,1-4H3,(H,24,25,26). The highest BCUT2D eigenvalue weighted by Gasteiger charge is 2.11. The van der Waals surface area contributed by atoms with E-state index in [1.165, 1.54) is 32.8 Å². The molecule has 0 atom stereocenters. The molecule has 0 unspecified atom stereocenters. The zero-order valence-corrected chi connectivity index (χ0v) is 16.5. The molecule has 0 aliphatic rings. The molecule has 4 aromatic rings. The molecule has 0 spiro atoms. The van der Waals surface area contributed by atoms with E-state index in [4.69, 9.17) is 0 Å². The Morgan fingerprint density at radius 1 is 0.964 bits per heavy atom. The zero-order valence-electron chi connectivity index (χ0n) is 16.5. The molecule has 4 rings (SSSR count). The third-order valence-corrected chi connectivity index (χ3v) is 5.23. The molecule has 0 saturated heterocycles. The van der Waals surface area contributed by atoms with Crippen LogP contribution in [0.25, 0.3) is 17.2 Å². The number of aryl methyl sites for hydroxylation is 3. The SMILES string of the molecule is Cc1ccc(-c2nc3nc(CNc4cccc(C)c4C)cc(=O)n3[nH]2)cc1C. The topological polar surface area (TPSA) is 75.1 Å². The van der Waals surface area contributed by atoms with Crippen molar-refractivity contribution < 1.29 is 0 Å². The minimum atomic E-state index is -0.176. The number of nitrogens with zero attached hydrogens (tertiary/aromatic N) is 3. The average Bonchev–Trinajstić information content (AvgIpc) is 3.10. The van der Waals surface area contributed by atoms with Gasteiger partial charge in [0.25, 0.3) is 11.3 Å². The number of H-pyrrole nitrogens is 1. The Labute approximate surface area is 163 Å². The van der Waals surface area contributed by atoms with Gasteiger partial charge in [-0.2, -0.15) is 9.50 Å². The Bertz CT molecular complexity index is 1240. The Morgan fingerprint density at radius 3 is 2.57 bits per heavy atom. The smallest absolute Gasteiger partial charge is 0.274 e. The Morgan fingerprint density at radius 2 is 1.79 bits per heavy atom. The second-order valence-electron chi connectivity index (χ2n) is 7.19. The number of benzene rings is 2. The van der Waals surface area contributed by atoms with Crippen LogP contribution in [0.15, 0.2) is 47.3 Å². The van der Waals surface area contributed by atoms with E-state index in [1.54, 1.807) is 0 Å². The van der Waals surface area contributed by atoms with Crippen LogP contribution in [0.1, 0.15) is 27.9 Å². The molecule has 6 heteroatoms. The second kappa shape index (κ2) is 6.96. The van der Waals surface area contributed by atoms with E-state index in [1.807, 2.05) is 24.3 Å². The number of anilines is 1. The molecule has 142 valence electrons. The zero-order chi connectivity index (χ0) is 19.8. The lowest BCUT2D eigenvalue weighted by molar-refractivity contribution is 0.878. The summed E-state index contributed by atoms with van der Waals surface area (Å²) < 4.78 is 1.38. The van der Waals surface area contributed by atoms with Gasteiger partial charge in [0.05, 0.1) is 12.2 Å². The van der Waals surface area contributed by atoms with E-state index in [9.17, 15) is 4.79 Å². The van der Waals surface area contributed by atoms with Gasteiger partial charge in [-0.15, -0.1) is 0 Å². The van der Waals surface area contributed by atoms with E-state index in [0.717, 1.165) is 11.3 Å². The molecule has 0 amide bonds. The van der Waals surface area contributed by atoms with Gasteiger partial charge in [-0.25, -0.2) is 4.98 Å². The van der Waals surface area contributed by atoms with Gasteiger partial charge >= 0.3 is 0 Å². The summed E-state index contributed by atoms with van der Waals surface area (Å²) in [6.07, 6.45) is 0. The van der Waals surface area contributed by atoms with Crippen LogP contribution in [-0.4, -0.2) is 19.6 Å². The largest absolute Gasteiger partial charge is 0.379 e. The third kappa shape index (κ3) is 3.29. The Balaban J connectivity index is 1.65. The number of hydrogen-bond acceptors (Lipinski definition) is 4. The molecule has 0 aliphatic heterocycles. The van der Waals surface area contributed by atoms with Gasteiger partial charge in [0.2, 0.25) is 0 Å². The molecule has 28 heavy (non-hydrogen) atoms. The van der Waals surface area contributed by atoms with E-state index in [2.05, 4.69) is 60.2 Å². The van der Waals surface area contributed by atoms with E-state index < -0.39 is 0 Å². The van der Waals surface area contributed by atoms with Crippen LogP contribution in [0.5, 0.6) is 0 Å². The Kier molecular flexibility index (Phi) is 4.47. The maximum atomic E-state index is 12.5. The van der Waals surface area contributed by atoms with Crippen LogP contribution in [0.4, 0.5) is 5.69 Å². The summed E-state index contributed by atoms with van der Waals surface area (Å²) in [6, 6.07) is 13.8. The summed E-state index contributed by atoms with van der Waals surface area (Å²) >= 11 is 0. The van der Waals surface area contributed by atoms with Crippen molar-refractivity contribution in [1.29, 1.82) is 0 Å². The van der Waals surface area contributed by atoms with E-state index >= 15 is 0 Å². The molecular formula is C22H23N5O. The lowest BCUT2D eigenvalue weighted by Crippen LogP contribution is -2.17. The first kappa shape index (κ1) is 18.0. The summed E-state index contributed by atoms with van der Waals surface area (Å²) in [4.78, 5) is 21.6. The first-order valence-electron chi connectivity index (χ1n) is 9.29. The van der Waals surface area contributed by atoms with Crippen molar-refractivity contribution in [2.75, 3.05) is 5.32 Å². The molecule has 0 aliphatic carbocycles. The molecular weight excluding hydrogens is 350 g/mol. The third-order valence-electron chi connectivity index (χ3n) is 5.23. The van der Waals surface area contributed by atoms with Crippen molar-refractivity contribution in [3.8, 4) is 11.4 Å². The minimum Gasteiger partial charge on any atom is -0.379 e. The molecule has 0 radical (unpaired) electrons. The average molecular weight is 373 g/mol. The molecule has 2 aromatic carbocycles. The van der Waals surface area contributed by atoms with E-state index in [-0.39, 0.29) is 5.56 Å². The first-order valence-corrected chi connectivity index (χ1v) is 9.29. The second-order valence-corrected chi connectivity index (χ2v) is 7.19. The van der Waals surface area contributed by atoms with E-state index in [0.29, 0.717) is 23.8 Å².